The van der Waals surface area contributed by atoms with Crippen LogP contribution in [0.2, 0.25) is 0 Å². The maximum Gasteiger partial charge on any atom is 0.264 e. The molecule has 3 rings (SSSR count). The second-order valence-electron chi connectivity index (χ2n) is 7.95. The van der Waals surface area contributed by atoms with E-state index in [1.807, 2.05) is 12.1 Å². The SMILES string of the molecule is COc1ccc(COC[C@@]2(COS(C)(=O)=O)OC(O)[C@H](O)[C@@H]2OCc2ccc(OC)cc2)cc1. The largest absolute Gasteiger partial charge is 0.497 e. The first-order valence-corrected chi connectivity index (χ1v) is 12.3. The van der Waals surface area contributed by atoms with Crippen molar-refractivity contribution >= 4 is 10.1 Å². The molecule has 0 spiro atoms. The topological polar surface area (TPSA) is 130 Å². The summed E-state index contributed by atoms with van der Waals surface area (Å²) in [4.78, 5) is 0. The standard InChI is InChI=1S/C23H30O10S/c1-28-18-8-4-16(5-9-18)12-30-14-23(15-32-34(3,26)27)21(20(24)22(25)33-23)31-13-17-6-10-19(29-2)11-7-17/h4-11,20-22,24-25H,12-15H2,1-3H3/t20-,21+,22?,23+/m1/s1. The van der Waals surface area contributed by atoms with Gasteiger partial charge in [0.2, 0.25) is 0 Å². The highest BCUT2D eigenvalue weighted by Gasteiger charge is 2.56. The number of hydrogen-bond acceptors (Lipinski definition) is 10. The van der Waals surface area contributed by atoms with E-state index in [4.69, 9.17) is 27.9 Å². The predicted octanol–water partition coefficient (Wildman–Crippen LogP) is 1.23. The van der Waals surface area contributed by atoms with Crippen molar-refractivity contribution in [1.82, 2.24) is 0 Å². The van der Waals surface area contributed by atoms with Crippen LogP contribution in [0.3, 0.4) is 0 Å². The summed E-state index contributed by atoms with van der Waals surface area (Å²) < 4.78 is 55.9. The molecule has 188 valence electrons. The molecule has 0 bridgehead atoms. The van der Waals surface area contributed by atoms with Crippen LogP contribution >= 0.6 is 0 Å². The van der Waals surface area contributed by atoms with Crippen molar-refractivity contribution in [2.75, 3.05) is 33.7 Å². The summed E-state index contributed by atoms with van der Waals surface area (Å²) >= 11 is 0. The highest BCUT2D eigenvalue weighted by atomic mass is 32.2. The lowest BCUT2D eigenvalue weighted by Gasteiger charge is -2.33. The van der Waals surface area contributed by atoms with Crippen LogP contribution in [0, 0.1) is 0 Å². The van der Waals surface area contributed by atoms with Gasteiger partial charge in [0.05, 0.1) is 40.3 Å². The molecule has 1 unspecified atom stereocenters. The number of aliphatic hydroxyl groups is 2. The Kier molecular flexibility index (Phi) is 8.88. The maximum absolute atomic E-state index is 11.7. The fourth-order valence-electron chi connectivity index (χ4n) is 3.54. The molecule has 1 fully saturated rings. The van der Waals surface area contributed by atoms with Crippen LogP contribution in [0.25, 0.3) is 0 Å². The zero-order valence-corrected chi connectivity index (χ0v) is 20.1. The van der Waals surface area contributed by atoms with E-state index in [1.54, 1.807) is 50.6 Å². The van der Waals surface area contributed by atoms with Crippen molar-refractivity contribution in [2.24, 2.45) is 0 Å². The van der Waals surface area contributed by atoms with Crippen molar-refractivity contribution in [3.63, 3.8) is 0 Å². The molecule has 0 radical (unpaired) electrons. The van der Waals surface area contributed by atoms with Crippen molar-refractivity contribution in [1.29, 1.82) is 0 Å². The van der Waals surface area contributed by atoms with Gasteiger partial charge in [0.25, 0.3) is 10.1 Å². The Morgan fingerprint density at radius 1 is 0.882 bits per heavy atom. The van der Waals surface area contributed by atoms with Crippen LogP contribution in [-0.2, 0) is 41.7 Å². The van der Waals surface area contributed by atoms with Gasteiger partial charge in [-0.1, -0.05) is 24.3 Å². The first-order chi connectivity index (χ1) is 16.2. The van der Waals surface area contributed by atoms with Gasteiger partial charge in [-0.25, -0.2) is 0 Å². The fraction of sp³-hybridized carbons (Fsp3) is 0.478. The van der Waals surface area contributed by atoms with E-state index in [-0.39, 0.29) is 19.8 Å². The van der Waals surface area contributed by atoms with Gasteiger partial charge in [-0.3, -0.25) is 4.18 Å². The van der Waals surface area contributed by atoms with E-state index in [0.717, 1.165) is 17.4 Å². The first-order valence-electron chi connectivity index (χ1n) is 10.5. The third-order valence-electron chi connectivity index (χ3n) is 5.36. The molecule has 1 saturated heterocycles. The molecule has 34 heavy (non-hydrogen) atoms. The molecule has 2 N–H and O–H groups in total. The zero-order valence-electron chi connectivity index (χ0n) is 19.2. The lowest BCUT2D eigenvalue weighted by Crippen LogP contribution is -2.52. The lowest BCUT2D eigenvalue weighted by molar-refractivity contribution is -0.196. The molecular weight excluding hydrogens is 468 g/mol. The summed E-state index contributed by atoms with van der Waals surface area (Å²) in [6.45, 7) is -0.516. The van der Waals surface area contributed by atoms with Crippen molar-refractivity contribution < 1.29 is 46.5 Å². The first kappa shape index (κ1) is 26.4. The second kappa shape index (κ2) is 11.5. The second-order valence-corrected chi connectivity index (χ2v) is 9.59. The van der Waals surface area contributed by atoms with Gasteiger partial charge in [0, 0.05) is 0 Å². The molecule has 2 aromatic rings. The van der Waals surface area contributed by atoms with Crippen molar-refractivity contribution in [2.45, 2.75) is 37.3 Å². The van der Waals surface area contributed by atoms with Gasteiger partial charge < -0.3 is 33.9 Å². The number of hydrogen-bond donors (Lipinski definition) is 2. The molecule has 2 aromatic carbocycles. The molecule has 0 amide bonds. The molecule has 1 heterocycles. The monoisotopic (exact) mass is 498 g/mol. The van der Waals surface area contributed by atoms with E-state index >= 15 is 0 Å². The molecule has 10 nitrogen and oxygen atoms in total. The molecule has 0 aliphatic carbocycles. The van der Waals surface area contributed by atoms with E-state index in [1.165, 1.54) is 0 Å². The summed E-state index contributed by atoms with van der Waals surface area (Å²) in [6, 6.07) is 14.3. The van der Waals surface area contributed by atoms with Gasteiger partial charge in [0.15, 0.2) is 6.29 Å². The average Bonchev–Trinajstić information content (AvgIpc) is 3.06. The highest BCUT2D eigenvalue weighted by Crippen LogP contribution is 2.35. The zero-order chi connectivity index (χ0) is 24.8. The maximum atomic E-state index is 11.7. The highest BCUT2D eigenvalue weighted by molar-refractivity contribution is 7.85. The summed E-state index contributed by atoms with van der Waals surface area (Å²) in [5, 5.41) is 20.8. The van der Waals surface area contributed by atoms with Gasteiger partial charge >= 0.3 is 0 Å². The number of rotatable bonds is 12. The predicted molar refractivity (Wildman–Crippen MR) is 121 cm³/mol. The molecule has 0 saturated carbocycles. The Hall–Kier alpha value is -2.25. The van der Waals surface area contributed by atoms with Crippen LogP contribution in [0.15, 0.2) is 48.5 Å². The van der Waals surface area contributed by atoms with Crippen LogP contribution in [-0.4, -0.2) is 76.4 Å². The molecule has 11 heteroatoms. The molecular formula is C23H30O10S. The Morgan fingerprint density at radius 3 is 1.91 bits per heavy atom. The third-order valence-corrected chi connectivity index (χ3v) is 5.90. The van der Waals surface area contributed by atoms with E-state index in [2.05, 4.69) is 0 Å². The average molecular weight is 499 g/mol. The Labute approximate surface area is 199 Å². The van der Waals surface area contributed by atoms with E-state index in [9.17, 15) is 18.6 Å². The molecule has 4 atom stereocenters. The van der Waals surface area contributed by atoms with Crippen molar-refractivity contribution in [3.8, 4) is 11.5 Å². The third kappa shape index (κ3) is 6.89. The minimum absolute atomic E-state index is 0.0565. The Balaban J connectivity index is 1.75. The van der Waals surface area contributed by atoms with Gasteiger partial charge in [0.1, 0.15) is 35.9 Å². The number of methoxy groups -OCH3 is 2. The molecule has 0 aromatic heterocycles. The van der Waals surface area contributed by atoms with Gasteiger partial charge in [-0.15, -0.1) is 0 Å². The number of benzene rings is 2. The minimum atomic E-state index is -3.85. The molecule has 1 aliphatic heterocycles. The van der Waals surface area contributed by atoms with Crippen molar-refractivity contribution in [3.05, 3.63) is 59.7 Å². The van der Waals surface area contributed by atoms with Crippen LogP contribution < -0.4 is 9.47 Å². The quantitative estimate of drug-likeness (QED) is 0.412. The summed E-state index contributed by atoms with van der Waals surface area (Å²) in [5.74, 6) is 1.37. The number of aliphatic hydroxyl groups excluding tert-OH is 2. The minimum Gasteiger partial charge on any atom is -0.497 e. The van der Waals surface area contributed by atoms with Crippen LogP contribution in [0.4, 0.5) is 0 Å². The van der Waals surface area contributed by atoms with E-state index in [0.29, 0.717) is 11.5 Å². The van der Waals surface area contributed by atoms with Crippen LogP contribution in [0.1, 0.15) is 11.1 Å². The van der Waals surface area contributed by atoms with Gasteiger partial charge in [-0.05, 0) is 35.4 Å². The molecule has 1 aliphatic rings. The Bertz CT molecular complexity index is 1010. The smallest absolute Gasteiger partial charge is 0.264 e. The normalized spacial score (nSPS) is 24.8. The lowest BCUT2D eigenvalue weighted by atomic mass is 9.96. The summed E-state index contributed by atoms with van der Waals surface area (Å²) in [5.41, 5.74) is 0.0159. The number of ether oxygens (including phenoxy) is 5. The van der Waals surface area contributed by atoms with Gasteiger partial charge in [-0.2, -0.15) is 8.42 Å². The summed E-state index contributed by atoms with van der Waals surface area (Å²) in [7, 11) is -0.727. The Morgan fingerprint density at radius 2 is 1.41 bits per heavy atom. The fourth-order valence-corrected chi connectivity index (χ4v) is 3.95. The van der Waals surface area contributed by atoms with E-state index < -0.39 is 40.8 Å². The summed E-state index contributed by atoms with van der Waals surface area (Å²) in [6.07, 6.45) is -3.31. The van der Waals surface area contributed by atoms with Crippen LogP contribution in [0.5, 0.6) is 11.5 Å².